The summed E-state index contributed by atoms with van der Waals surface area (Å²) in [6.07, 6.45) is 0.753. The van der Waals surface area contributed by atoms with Crippen molar-refractivity contribution >= 4 is 34.0 Å². The molecule has 0 atom stereocenters. The maximum atomic E-state index is 12.7. The van der Waals surface area contributed by atoms with E-state index in [-0.39, 0.29) is 17.2 Å². The van der Waals surface area contributed by atoms with E-state index in [0.717, 1.165) is 6.42 Å². The van der Waals surface area contributed by atoms with E-state index in [1.807, 2.05) is 6.92 Å². The summed E-state index contributed by atoms with van der Waals surface area (Å²) in [4.78, 5) is 25.1. The van der Waals surface area contributed by atoms with Gasteiger partial charge in [0.2, 0.25) is 0 Å². The molecule has 0 fully saturated rings. The summed E-state index contributed by atoms with van der Waals surface area (Å²) < 4.78 is 1.35. The number of anilines is 1. The second-order valence-electron chi connectivity index (χ2n) is 5.38. The zero-order chi connectivity index (χ0) is 17.1. The molecule has 3 rings (SSSR count). The third kappa shape index (κ3) is 3.16. The van der Waals surface area contributed by atoms with E-state index >= 15 is 0 Å². The number of hydrogen-bond donors (Lipinski definition) is 1. The highest BCUT2D eigenvalue weighted by Gasteiger charge is 2.16. The lowest BCUT2D eigenvalue weighted by Crippen LogP contribution is -2.27. The van der Waals surface area contributed by atoms with Crippen LogP contribution in [0.3, 0.4) is 0 Å². The SMILES string of the molecule is CCCn1nc(C(=O)Nc2ccc(Cl)cc2)c2ccccc2c1=O. The largest absolute Gasteiger partial charge is 0.321 e. The van der Waals surface area contributed by atoms with E-state index in [1.165, 1.54) is 4.68 Å². The molecule has 0 unspecified atom stereocenters. The number of carbonyl (C=O) groups is 1. The second-order valence-corrected chi connectivity index (χ2v) is 5.82. The van der Waals surface area contributed by atoms with Crippen molar-refractivity contribution in [1.82, 2.24) is 9.78 Å². The van der Waals surface area contributed by atoms with Gasteiger partial charge >= 0.3 is 0 Å². The first-order valence-electron chi connectivity index (χ1n) is 7.67. The predicted molar refractivity (Wildman–Crippen MR) is 95.7 cm³/mol. The molecule has 0 aliphatic rings. The summed E-state index contributed by atoms with van der Waals surface area (Å²) in [5.41, 5.74) is 0.660. The van der Waals surface area contributed by atoms with Gasteiger partial charge < -0.3 is 5.32 Å². The number of nitrogens with one attached hydrogen (secondary N) is 1. The normalized spacial score (nSPS) is 10.8. The third-order valence-corrected chi connectivity index (χ3v) is 3.87. The molecular formula is C18H16ClN3O2. The second kappa shape index (κ2) is 6.84. The summed E-state index contributed by atoms with van der Waals surface area (Å²) in [5.74, 6) is -0.363. The van der Waals surface area contributed by atoms with Crippen molar-refractivity contribution in [2.75, 3.05) is 5.32 Å². The van der Waals surface area contributed by atoms with Crippen molar-refractivity contribution in [2.45, 2.75) is 19.9 Å². The number of amides is 1. The smallest absolute Gasteiger partial charge is 0.276 e. The molecule has 0 aliphatic carbocycles. The molecule has 2 aromatic carbocycles. The first-order chi connectivity index (χ1) is 11.6. The Morgan fingerprint density at radius 2 is 1.79 bits per heavy atom. The number of fused-ring (bicyclic) bond motifs is 1. The summed E-state index contributed by atoms with van der Waals surface area (Å²) in [7, 11) is 0. The zero-order valence-electron chi connectivity index (χ0n) is 13.1. The topological polar surface area (TPSA) is 64.0 Å². The number of aromatic nitrogens is 2. The molecule has 0 aliphatic heterocycles. The minimum absolute atomic E-state index is 0.185. The number of rotatable bonds is 4. The van der Waals surface area contributed by atoms with E-state index in [1.54, 1.807) is 48.5 Å². The van der Waals surface area contributed by atoms with E-state index < -0.39 is 0 Å². The Labute approximate surface area is 143 Å². The van der Waals surface area contributed by atoms with Crippen LogP contribution in [0.4, 0.5) is 5.69 Å². The van der Waals surface area contributed by atoms with Crippen LogP contribution in [0.5, 0.6) is 0 Å². The Bertz CT molecular complexity index is 949. The van der Waals surface area contributed by atoms with Crippen LogP contribution in [-0.4, -0.2) is 15.7 Å². The third-order valence-electron chi connectivity index (χ3n) is 3.62. The van der Waals surface area contributed by atoms with Crippen LogP contribution in [0.2, 0.25) is 5.02 Å². The molecule has 1 N–H and O–H groups in total. The van der Waals surface area contributed by atoms with Crippen LogP contribution in [0.25, 0.3) is 10.8 Å². The average molecular weight is 342 g/mol. The summed E-state index contributed by atoms with van der Waals surface area (Å²) in [6.45, 7) is 2.42. The molecule has 0 spiro atoms. The maximum Gasteiger partial charge on any atom is 0.276 e. The molecule has 0 saturated carbocycles. The summed E-state index contributed by atoms with van der Waals surface area (Å²) in [6, 6.07) is 13.8. The van der Waals surface area contributed by atoms with Crippen LogP contribution in [-0.2, 0) is 6.54 Å². The molecule has 6 heteroatoms. The fraction of sp³-hybridized carbons (Fsp3) is 0.167. The molecule has 1 aromatic heterocycles. The Morgan fingerprint density at radius 1 is 1.12 bits per heavy atom. The first-order valence-corrected chi connectivity index (χ1v) is 8.04. The number of benzene rings is 2. The molecule has 122 valence electrons. The molecule has 0 radical (unpaired) electrons. The molecular weight excluding hydrogens is 326 g/mol. The first kappa shape index (κ1) is 16.2. The van der Waals surface area contributed by atoms with Gasteiger partial charge in [0.15, 0.2) is 5.69 Å². The molecule has 1 amide bonds. The highest BCUT2D eigenvalue weighted by atomic mass is 35.5. The molecule has 24 heavy (non-hydrogen) atoms. The molecule has 3 aromatic rings. The Balaban J connectivity index is 2.07. The standard InChI is InChI=1S/C18H16ClN3O2/c1-2-11-22-18(24)15-6-4-3-5-14(15)16(21-22)17(23)20-13-9-7-12(19)8-10-13/h3-10H,2,11H2,1H3,(H,20,23). The van der Waals surface area contributed by atoms with E-state index in [4.69, 9.17) is 11.6 Å². The van der Waals surface area contributed by atoms with E-state index in [9.17, 15) is 9.59 Å². The highest BCUT2D eigenvalue weighted by molar-refractivity contribution is 6.30. The van der Waals surface area contributed by atoms with Crippen molar-refractivity contribution in [1.29, 1.82) is 0 Å². The van der Waals surface area contributed by atoms with Crippen LogP contribution in [0, 0.1) is 0 Å². The lowest BCUT2D eigenvalue weighted by atomic mass is 10.1. The van der Waals surface area contributed by atoms with Crippen LogP contribution < -0.4 is 10.9 Å². The number of hydrogen-bond acceptors (Lipinski definition) is 3. The fourth-order valence-electron chi connectivity index (χ4n) is 2.49. The summed E-state index contributed by atoms with van der Waals surface area (Å²) in [5, 5.41) is 8.68. The predicted octanol–water partition coefficient (Wildman–Crippen LogP) is 3.71. The van der Waals surface area contributed by atoms with Crippen molar-refractivity contribution in [3.8, 4) is 0 Å². The van der Waals surface area contributed by atoms with Gasteiger partial charge in [0, 0.05) is 22.6 Å². The zero-order valence-corrected chi connectivity index (χ0v) is 13.9. The maximum absolute atomic E-state index is 12.7. The lowest BCUT2D eigenvalue weighted by Gasteiger charge is -2.11. The van der Waals surface area contributed by atoms with Gasteiger partial charge in [0.05, 0.1) is 5.39 Å². The Hall–Kier alpha value is -2.66. The van der Waals surface area contributed by atoms with Crippen LogP contribution in [0.15, 0.2) is 53.3 Å². The van der Waals surface area contributed by atoms with Crippen molar-refractivity contribution in [3.05, 3.63) is 69.6 Å². The van der Waals surface area contributed by atoms with Crippen molar-refractivity contribution in [2.24, 2.45) is 0 Å². The van der Waals surface area contributed by atoms with E-state index in [2.05, 4.69) is 10.4 Å². The molecule has 0 bridgehead atoms. The monoisotopic (exact) mass is 341 g/mol. The van der Waals surface area contributed by atoms with E-state index in [0.29, 0.717) is 28.0 Å². The molecule has 1 heterocycles. The molecule has 5 nitrogen and oxygen atoms in total. The van der Waals surface area contributed by atoms with Gasteiger partial charge in [-0.05, 0) is 36.8 Å². The lowest BCUT2D eigenvalue weighted by molar-refractivity contribution is 0.102. The fourth-order valence-corrected chi connectivity index (χ4v) is 2.62. The highest BCUT2D eigenvalue weighted by Crippen LogP contribution is 2.17. The van der Waals surface area contributed by atoms with Gasteiger partial charge in [-0.15, -0.1) is 0 Å². The number of aryl methyl sites for hydroxylation is 1. The van der Waals surface area contributed by atoms with Gasteiger partial charge in [0.1, 0.15) is 0 Å². The minimum Gasteiger partial charge on any atom is -0.321 e. The number of halogens is 1. The number of carbonyl (C=O) groups excluding carboxylic acids is 1. The van der Waals surface area contributed by atoms with Crippen LogP contribution in [0.1, 0.15) is 23.8 Å². The average Bonchev–Trinajstić information content (AvgIpc) is 2.59. The number of nitrogens with zero attached hydrogens (tertiary/aromatic N) is 2. The van der Waals surface area contributed by atoms with Gasteiger partial charge in [-0.1, -0.05) is 36.7 Å². The summed E-state index contributed by atoms with van der Waals surface area (Å²) >= 11 is 5.85. The quantitative estimate of drug-likeness (QED) is 0.786. The van der Waals surface area contributed by atoms with Gasteiger partial charge in [-0.2, -0.15) is 5.10 Å². The Morgan fingerprint density at radius 3 is 2.46 bits per heavy atom. The van der Waals surface area contributed by atoms with Gasteiger partial charge in [0.25, 0.3) is 11.5 Å². The van der Waals surface area contributed by atoms with Crippen molar-refractivity contribution < 1.29 is 4.79 Å². The van der Waals surface area contributed by atoms with Crippen LogP contribution >= 0.6 is 11.6 Å². The Kier molecular flexibility index (Phi) is 4.62. The van der Waals surface area contributed by atoms with Crippen molar-refractivity contribution in [3.63, 3.8) is 0 Å². The minimum atomic E-state index is -0.363. The van der Waals surface area contributed by atoms with Gasteiger partial charge in [-0.3, -0.25) is 9.59 Å². The molecule has 0 saturated heterocycles. The van der Waals surface area contributed by atoms with Gasteiger partial charge in [-0.25, -0.2) is 4.68 Å².